The molecule has 8 heteroatoms. The van der Waals surface area contributed by atoms with Gasteiger partial charge in [0.05, 0.1) is 12.7 Å². The lowest BCUT2D eigenvalue weighted by atomic mass is 9.98. The minimum Gasteiger partial charge on any atom is -0.480 e. The number of nitrogens with zero attached hydrogens (tertiary/aromatic N) is 2. The highest BCUT2D eigenvalue weighted by Gasteiger charge is 2.21. The number of carboxylic acids is 1. The van der Waals surface area contributed by atoms with Crippen LogP contribution in [0.4, 0.5) is 0 Å². The third-order valence-corrected chi connectivity index (χ3v) is 3.73. The van der Waals surface area contributed by atoms with Crippen LogP contribution in [0.25, 0.3) is 11.1 Å². The van der Waals surface area contributed by atoms with E-state index in [1.165, 1.54) is 33.1 Å². The van der Waals surface area contributed by atoms with Gasteiger partial charge in [-0.25, -0.2) is 9.48 Å². The van der Waals surface area contributed by atoms with Gasteiger partial charge in [-0.15, -0.1) is 5.10 Å². The fourth-order valence-corrected chi connectivity index (χ4v) is 2.40. The smallest absolute Gasteiger partial charge is 0.328 e. The molecular weight excluding hydrogens is 336 g/mol. The van der Waals surface area contributed by atoms with Gasteiger partial charge in [0.25, 0.3) is 5.56 Å². The van der Waals surface area contributed by atoms with Crippen LogP contribution in [0.5, 0.6) is 5.88 Å². The molecule has 0 saturated heterocycles. The molecule has 1 aromatic heterocycles. The van der Waals surface area contributed by atoms with E-state index in [9.17, 15) is 14.4 Å². The van der Waals surface area contributed by atoms with Gasteiger partial charge in [-0.05, 0) is 37.6 Å². The molecular formula is C16H15ClN2O5. The second-order valence-electron chi connectivity index (χ2n) is 5.11. The summed E-state index contributed by atoms with van der Waals surface area (Å²) in [4.78, 5) is 35.2. The van der Waals surface area contributed by atoms with Gasteiger partial charge in [-0.3, -0.25) is 9.59 Å². The van der Waals surface area contributed by atoms with E-state index in [4.69, 9.17) is 21.4 Å². The molecule has 2 aromatic rings. The highest BCUT2D eigenvalue weighted by atomic mass is 35.5. The van der Waals surface area contributed by atoms with Crippen LogP contribution >= 0.6 is 11.6 Å². The number of carbonyl (C=O) groups excluding carboxylic acids is 1. The average Bonchev–Trinajstić information content (AvgIpc) is 2.53. The van der Waals surface area contributed by atoms with Crippen molar-refractivity contribution < 1.29 is 19.4 Å². The number of aromatic nitrogens is 2. The van der Waals surface area contributed by atoms with Crippen LogP contribution in [-0.2, 0) is 4.79 Å². The van der Waals surface area contributed by atoms with Crippen molar-refractivity contribution in [3.8, 4) is 17.0 Å². The van der Waals surface area contributed by atoms with Crippen LogP contribution in [0.3, 0.4) is 0 Å². The lowest BCUT2D eigenvalue weighted by molar-refractivity contribution is -0.140. The number of ketones is 1. The van der Waals surface area contributed by atoms with Crippen LogP contribution in [0, 0.1) is 0 Å². The van der Waals surface area contributed by atoms with Gasteiger partial charge in [0.15, 0.2) is 11.8 Å². The fraction of sp³-hybridized carbons (Fsp3) is 0.250. The quantitative estimate of drug-likeness (QED) is 0.831. The van der Waals surface area contributed by atoms with Crippen molar-refractivity contribution >= 4 is 23.4 Å². The Balaban J connectivity index is 2.75. The first-order valence-electron chi connectivity index (χ1n) is 6.97. The van der Waals surface area contributed by atoms with Gasteiger partial charge in [-0.2, -0.15) is 0 Å². The monoisotopic (exact) mass is 350 g/mol. The zero-order chi connectivity index (χ0) is 18.0. The summed E-state index contributed by atoms with van der Waals surface area (Å²) in [5, 5.41) is 13.4. The van der Waals surface area contributed by atoms with E-state index in [0.717, 1.165) is 4.68 Å². The predicted octanol–water partition coefficient (Wildman–Crippen LogP) is 2.42. The average molecular weight is 351 g/mol. The molecule has 7 nitrogen and oxygen atoms in total. The number of methoxy groups -OCH3 is 1. The highest BCUT2D eigenvalue weighted by molar-refractivity contribution is 6.31. The number of halogens is 1. The molecule has 126 valence electrons. The standard InChI is InChI=1S/C16H15ClN2O5/c1-8(16(22)23)19-14(21)7-13(15(18-19)24-3)12-6-10(17)4-5-11(12)9(2)20/h4-8H,1-3H3,(H,22,23). The molecule has 0 bridgehead atoms. The van der Waals surface area contributed by atoms with E-state index < -0.39 is 17.6 Å². The van der Waals surface area contributed by atoms with Gasteiger partial charge in [0.1, 0.15) is 0 Å². The Morgan fingerprint density at radius 1 is 1.29 bits per heavy atom. The SMILES string of the molecule is COc1nn(C(C)C(=O)O)c(=O)cc1-c1cc(Cl)ccc1C(C)=O. The van der Waals surface area contributed by atoms with E-state index in [0.29, 0.717) is 16.1 Å². The van der Waals surface area contributed by atoms with Crippen molar-refractivity contribution in [3.63, 3.8) is 0 Å². The van der Waals surface area contributed by atoms with E-state index in [1.807, 2.05) is 0 Å². The van der Waals surface area contributed by atoms with Crippen LogP contribution in [0.15, 0.2) is 29.1 Å². The minimum atomic E-state index is -1.20. The molecule has 0 aliphatic rings. The van der Waals surface area contributed by atoms with Gasteiger partial charge < -0.3 is 9.84 Å². The van der Waals surface area contributed by atoms with E-state index >= 15 is 0 Å². The summed E-state index contributed by atoms with van der Waals surface area (Å²) in [6.45, 7) is 2.72. The molecule has 1 heterocycles. The summed E-state index contributed by atoms with van der Waals surface area (Å²) < 4.78 is 5.99. The Labute approximate surface area is 142 Å². The zero-order valence-electron chi connectivity index (χ0n) is 13.2. The first kappa shape index (κ1) is 17.7. The van der Waals surface area contributed by atoms with E-state index in [2.05, 4.69) is 5.10 Å². The second-order valence-corrected chi connectivity index (χ2v) is 5.55. The molecule has 1 unspecified atom stereocenters. The molecule has 2 rings (SSSR count). The number of hydrogen-bond acceptors (Lipinski definition) is 5. The Morgan fingerprint density at radius 2 is 1.96 bits per heavy atom. The maximum absolute atomic E-state index is 12.3. The fourth-order valence-electron chi connectivity index (χ4n) is 2.22. The number of rotatable bonds is 5. The Bertz CT molecular complexity index is 875. The Morgan fingerprint density at radius 3 is 2.50 bits per heavy atom. The van der Waals surface area contributed by atoms with Crippen molar-refractivity contribution in [2.45, 2.75) is 19.9 Å². The molecule has 0 aliphatic carbocycles. The summed E-state index contributed by atoms with van der Waals surface area (Å²) >= 11 is 6.00. The van der Waals surface area contributed by atoms with Crippen LogP contribution in [0.1, 0.15) is 30.2 Å². The third kappa shape index (κ3) is 3.30. The molecule has 1 atom stereocenters. The van der Waals surface area contributed by atoms with Crippen molar-refractivity contribution in [1.82, 2.24) is 9.78 Å². The van der Waals surface area contributed by atoms with Crippen LogP contribution in [-0.4, -0.2) is 33.7 Å². The van der Waals surface area contributed by atoms with Crippen molar-refractivity contribution in [3.05, 3.63) is 45.2 Å². The van der Waals surface area contributed by atoms with Crippen LogP contribution in [0.2, 0.25) is 5.02 Å². The Kier molecular flexibility index (Phi) is 5.04. The molecule has 24 heavy (non-hydrogen) atoms. The normalized spacial score (nSPS) is 11.8. The number of carbonyl (C=O) groups is 2. The number of hydrogen-bond donors (Lipinski definition) is 1. The summed E-state index contributed by atoms with van der Waals surface area (Å²) in [6, 6.07) is 4.67. The minimum absolute atomic E-state index is 0.0208. The highest BCUT2D eigenvalue weighted by Crippen LogP contribution is 2.32. The maximum atomic E-state index is 12.3. The lowest BCUT2D eigenvalue weighted by Crippen LogP contribution is -2.30. The van der Waals surface area contributed by atoms with Gasteiger partial charge >= 0.3 is 5.97 Å². The summed E-state index contributed by atoms with van der Waals surface area (Å²) in [5.74, 6) is -1.40. The molecule has 1 aromatic carbocycles. The van der Waals surface area contributed by atoms with Crippen LogP contribution < -0.4 is 10.3 Å². The maximum Gasteiger partial charge on any atom is 0.328 e. The molecule has 1 N–H and O–H groups in total. The lowest BCUT2D eigenvalue weighted by Gasteiger charge is -2.15. The Hall–Kier alpha value is -2.67. The predicted molar refractivity (Wildman–Crippen MR) is 87.8 cm³/mol. The largest absolute Gasteiger partial charge is 0.480 e. The van der Waals surface area contributed by atoms with Gasteiger partial charge in [-0.1, -0.05) is 11.6 Å². The zero-order valence-corrected chi connectivity index (χ0v) is 14.0. The summed E-state index contributed by atoms with van der Waals surface area (Å²) in [7, 11) is 1.34. The van der Waals surface area contributed by atoms with Crippen molar-refractivity contribution in [2.24, 2.45) is 0 Å². The molecule has 0 saturated carbocycles. The number of carboxylic acid groups (broad SMARTS) is 1. The van der Waals surface area contributed by atoms with E-state index in [-0.39, 0.29) is 17.2 Å². The number of Topliss-reactive ketones (excluding diaryl/α,β-unsaturated/α-hetero) is 1. The molecule has 0 amide bonds. The van der Waals surface area contributed by atoms with Crippen molar-refractivity contribution in [2.75, 3.05) is 7.11 Å². The topological polar surface area (TPSA) is 98.5 Å². The molecule has 0 fully saturated rings. The third-order valence-electron chi connectivity index (χ3n) is 3.49. The second kappa shape index (κ2) is 6.84. The first-order valence-corrected chi connectivity index (χ1v) is 7.35. The van der Waals surface area contributed by atoms with E-state index in [1.54, 1.807) is 12.1 Å². The number of ether oxygens (including phenoxy) is 1. The number of aliphatic carboxylic acids is 1. The molecule has 0 radical (unpaired) electrons. The number of benzene rings is 1. The molecule has 0 spiro atoms. The van der Waals surface area contributed by atoms with Gasteiger partial charge in [0, 0.05) is 16.7 Å². The van der Waals surface area contributed by atoms with Crippen molar-refractivity contribution in [1.29, 1.82) is 0 Å². The summed E-state index contributed by atoms with van der Waals surface area (Å²) in [5.41, 5.74) is 0.383. The first-order chi connectivity index (χ1) is 11.3. The summed E-state index contributed by atoms with van der Waals surface area (Å²) in [6.07, 6.45) is 0. The molecule has 0 aliphatic heterocycles. The van der Waals surface area contributed by atoms with Gasteiger partial charge in [0.2, 0.25) is 5.88 Å².